The third kappa shape index (κ3) is 3.41. The van der Waals surface area contributed by atoms with Gasteiger partial charge >= 0.3 is 0 Å². The average Bonchev–Trinajstić information content (AvgIpc) is 2.99. The Morgan fingerprint density at radius 1 is 1.11 bits per heavy atom. The fraction of sp³-hybridized carbons (Fsp3) is 0.923. The molecule has 6 unspecified atom stereocenters. The van der Waals surface area contributed by atoms with Gasteiger partial charge in [0, 0.05) is 0 Å². The Labute approximate surface area is 173 Å². The van der Waals surface area contributed by atoms with Gasteiger partial charge in [-0.05, 0) is 112 Å². The topological polar surface area (TPSA) is 40.5 Å². The van der Waals surface area contributed by atoms with Crippen LogP contribution in [-0.2, 0) is 0 Å². The van der Waals surface area contributed by atoms with Crippen LogP contribution in [0.4, 0.5) is 0 Å². The molecule has 3 fully saturated rings. The summed E-state index contributed by atoms with van der Waals surface area (Å²) in [6.07, 6.45) is 16.8. The van der Waals surface area contributed by atoms with Crippen molar-refractivity contribution in [3.8, 4) is 0 Å². The van der Waals surface area contributed by atoms with E-state index in [0.717, 1.165) is 49.4 Å². The smallest absolute Gasteiger partial charge is 0.0617 e. The van der Waals surface area contributed by atoms with Gasteiger partial charge in [-0.15, -0.1) is 0 Å². The molecule has 0 heterocycles. The lowest BCUT2D eigenvalue weighted by molar-refractivity contribution is -0.0516. The van der Waals surface area contributed by atoms with Crippen LogP contribution < -0.4 is 0 Å². The van der Waals surface area contributed by atoms with Crippen molar-refractivity contribution in [2.45, 2.75) is 116 Å². The van der Waals surface area contributed by atoms with Crippen LogP contribution in [0.15, 0.2) is 11.6 Å². The number of hydrogen-bond donors (Lipinski definition) is 2. The van der Waals surface area contributed by atoms with Gasteiger partial charge in [0.15, 0.2) is 0 Å². The molecule has 0 spiro atoms. The molecule has 4 aliphatic rings. The van der Waals surface area contributed by atoms with Crippen LogP contribution in [0.3, 0.4) is 0 Å². The summed E-state index contributed by atoms with van der Waals surface area (Å²) >= 11 is 0. The molecule has 2 heteroatoms. The van der Waals surface area contributed by atoms with Gasteiger partial charge < -0.3 is 10.2 Å². The van der Waals surface area contributed by atoms with Gasteiger partial charge in [0.1, 0.15) is 0 Å². The van der Waals surface area contributed by atoms with Crippen molar-refractivity contribution in [3.05, 3.63) is 11.6 Å². The first kappa shape index (κ1) is 20.9. The van der Waals surface area contributed by atoms with E-state index in [0.29, 0.717) is 10.8 Å². The minimum Gasteiger partial charge on any atom is -0.393 e. The van der Waals surface area contributed by atoms with E-state index in [9.17, 15) is 10.2 Å². The van der Waals surface area contributed by atoms with E-state index in [-0.39, 0.29) is 6.10 Å². The van der Waals surface area contributed by atoms with Crippen molar-refractivity contribution >= 4 is 0 Å². The number of aliphatic hydroxyl groups is 2. The maximum absolute atomic E-state index is 10.4. The summed E-state index contributed by atoms with van der Waals surface area (Å²) in [6.45, 7) is 9.26. The highest BCUT2D eigenvalue weighted by Crippen LogP contribution is 2.66. The van der Waals surface area contributed by atoms with Crippen molar-refractivity contribution in [1.82, 2.24) is 0 Å². The molecule has 0 amide bonds. The van der Waals surface area contributed by atoms with Crippen LogP contribution in [0.5, 0.6) is 0 Å². The van der Waals surface area contributed by atoms with Crippen LogP contribution in [0.25, 0.3) is 0 Å². The number of allylic oxidation sites excluding steroid dienone is 1. The van der Waals surface area contributed by atoms with Gasteiger partial charge in [0.2, 0.25) is 0 Å². The lowest BCUT2D eigenvalue weighted by Gasteiger charge is -2.58. The number of aliphatic hydroxyl groups excluding tert-OH is 1. The Morgan fingerprint density at radius 3 is 2.64 bits per heavy atom. The molecule has 0 aromatic heterocycles. The number of rotatable bonds is 5. The quantitative estimate of drug-likeness (QED) is 0.546. The molecule has 0 aromatic rings. The number of fused-ring (bicyclic) bond motifs is 5. The van der Waals surface area contributed by atoms with Gasteiger partial charge in [-0.1, -0.05) is 38.8 Å². The molecular weight excluding hydrogens is 344 g/mol. The summed E-state index contributed by atoms with van der Waals surface area (Å²) in [5.74, 6) is 3.46. The van der Waals surface area contributed by atoms with Crippen LogP contribution in [0, 0.1) is 34.5 Å². The third-order valence-corrected chi connectivity index (χ3v) is 10.3. The first-order valence-electron chi connectivity index (χ1n) is 12.3. The van der Waals surface area contributed by atoms with Gasteiger partial charge in [-0.3, -0.25) is 0 Å². The molecule has 0 saturated heterocycles. The number of hydrogen-bond acceptors (Lipinski definition) is 2. The van der Waals surface area contributed by atoms with E-state index in [1.54, 1.807) is 5.57 Å². The zero-order valence-electron chi connectivity index (χ0n) is 18.8. The van der Waals surface area contributed by atoms with E-state index in [1.807, 2.05) is 6.92 Å². The minimum atomic E-state index is -0.471. The van der Waals surface area contributed by atoms with Gasteiger partial charge in [0.05, 0.1) is 11.7 Å². The Bertz CT molecular complexity index is 608. The van der Waals surface area contributed by atoms with Crippen LogP contribution in [0.2, 0.25) is 0 Å². The van der Waals surface area contributed by atoms with E-state index in [2.05, 4.69) is 26.8 Å². The predicted octanol–water partition coefficient (Wildman–Crippen LogP) is 6.26. The Hall–Kier alpha value is -0.340. The van der Waals surface area contributed by atoms with Crippen molar-refractivity contribution in [3.63, 3.8) is 0 Å². The van der Waals surface area contributed by atoms with Crippen LogP contribution in [-0.4, -0.2) is 21.9 Å². The largest absolute Gasteiger partial charge is 0.393 e. The molecule has 0 aromatic carbocycles. The molecule has 4 aliphatic carbocycles. The molecule has 0 radical (unpaired) electrons. The Morgan fingerprint density at radius 2 is 1.89 bits per heavy atom. The van der Waals surface area contributed by atoms with Gasteiger partial charge in [-0.2, -0.15) is 0 Å². The Kier molecular flexibility index (Phi) is 5.54. The monoisotopic (exact) mass is 388 g/mol. The predicted molar refractivity (Wildman–Crippen MR) is 116 cm³/mol. The molecule has 4 rings (SSSR count). The SMILES string of the molecule is CCC(C)(O)CCC[C@H]1CCC2[C@@H]3CC=C4CC(O)CCC4(C)C3CCC21C. The van der Waals surface area contributed by atoms with E-state index >= 15 is 0 Å². The van der Waals surface area contributed by atoms with E-state index < -0.39 is 5.60 Å². The lowest BCUT2D eigenvalue weighted by Crippen LogP contribution is -2.50. The minimum absolute atomic E-state index is 0.0964. The first-order valence-corrected chi connectivity index (χ1v) is 12.3. The maximum atomic E-state index is 10.4. The van der Waals surface area contributed by atoms with Crippen LogP contribution >= 0.6 is 0 Å². The highest BCUT2D eigenvalue weighted by Gasteiger charge is 2.58. The van der Waals surface area contributed by atoms with Crippen molar-refractivity contribution in [2.75, 3.05) is 0 Å². The molecule has 28 heavy (non-hydrogen) atoms. The normalized spacial score (nSPS) is 47.5. The standard InChI is InChI=1S/C26H44O2/c1-5-24(2,28)14-6-7-18-9-11-22-21-10-8-19-17-20(27)12-15-26(19,4)23(21)13-16-25(18,22)3/h8,18,20-23,27-28H,5-7,9-17H2,1-4H3/t18-,20?,21-,22?,23?,24?,25?,26?/m0/s1. The summed E-state index contributed by atoms with van der Waals surface area (Å²) in [5, 5.41) is 20.6. The lowest BCUT2D eigenvalue weighted by atomic mass is 9.47. The summed E-state index contributed by atoms with van der Waals surface area (Å²) in [7, 11) is 0. The summed E-state index contributed by atoms with van der Waals surface area (Å²) in [5.41, 5.74) is 2.00. The molecule has 3 saturated carbocycles. The van der Waals surface area contributed by atoms with Gasteiger partial charge in [0.25, 0.3) is 0 Å². The van der Waals surface area contributed by atoms with Gasteiger partial charge in [-0.25, -0.2) is 0 Å². The summed E-state index contributed by atoms with van der Waals surface area (Å²) in [4.78, 5) is 0. The zero-order chi connectivity index (χ0) is 20.2. The first-order chi connectivity index (χ1) is 13.2. The zero-order valence-corrected chi connectivity index (χ0v) is 18.8. The molecule has 8 atom stereocenters. The Balaban J connectivity index is 1.46. The second kappa shape index (κ2) is 7.41. The highest BCUT2D eigenvalue weighted by molar-refractivity contribution is 5.25. The fourth-order valence-electron chi connectivity index (χ4n) is 8.13. The average molecular weight is 389 g/mol. The summed E-state index contributed by atoms with van der Waals surface area (Å²) < 4.78 is 0. The van der Waals surface area contributed by atoms with Crippen molar-refractivity contribution in [2.24, 2.45) is 34.5 Å². The summed E-state index contributed by atoms with van der Waals surface area (Å²) in [6, 6.07) is 0. The second-order valence-electron chi connectivity index (χ2n) is 11.7. The highest BCUT2D eigenvalue weighted by atomic mass is 16.3. The third-order valence-electron chi connectivity index (χ3n) is 10.3. The van der Waals surface area contributed by atoms with E-state index in [4.69, 9.17) is 0 Å². The second-order valence-corrected chi connectivity index (χ2v) is 11.7. The van der Waals surface area contributed by atoms with Crippen LogP contribution in [0.1, 0.15) is 105 Å². The molecule has 2 nitrogen and oxygen atoms in total. The molecular formula is C26H44O2. The van der Waals surface area contributed by atoms with Crippen molar-refractivity contribution < 1.29 is 10.2 Å². The van der Waals surface area contributed by atoms with E-state index in [1.165, 1.54) is 51.4 Å². The van der Waals surface area contributed by atoms with Crippen molar-refractivity contribution in [1.29, 1.82) is 0 Å². The molecule has 0 aliphatic heterocycles. The molecule has 2 N–H and O–H groups in total. The fourth-order valence-corrected chi connectivity index (χ4v) is 8.13. The molecule has 160 valence electrons. The molecule has 0 bridgehead atoms. The maximum Gasteiger partial charge on any atom is 0.0617 e.